The van der Waals surface area contributed by atoms with Crippen molar-refractivity contribution in [3.63, 3.8) is 0 Å². The maximum absolute atomic E-state index is 11.2. The molecule has 0 spiro atoms. The van der Waals surface area contributed by atoms with Gasteiger partial charge in [0.2, 0.25) is 0 Å². The first kappa shape index (κ1) is 13.7. The number of nitrogens with one attached hydrogen (secondary N) is 1. The lowest BCUT2D eigenvalue weighted by Crippen LogP contribution is -2.41. The fraction of sp³-hybridized carbons (Fsp3) is 0.800. The Balaban J connectivity index is 3.85. The maximum atomic E-state index is 11.2. The summed E-state index contributed by atoms with van der Waals surface area (Å²) in [5.41, 5.74) is 0. The van der Waals surface area contributed by atoms with Gasteiger partial charge in [-0.2, -0.15) is 0 Å². The number of hydrogen-bond donors (Lipinski definition) is 1. The van der Waals surface area contributed by atoms with Gasteiger partial charge in [0.1, 0.15) is 6.04 Å². The lowest BCUT2D eigenvalue weighted by molar-refractivity contribution is -0.143. The number of amides is 1. The minimum absolute atomic E-state index is 0.375. The lowest BCUT2D eigenvalue weighted by Gasteiger charge is -2.14. The van der Waals surface area contributed by atoms with Crippen LogP contribution in [0.3, 0.4) is 0 Å². The monoisotopic (exact) mass is 217 g/mol. The van der Waals surface area contributed by atoms with Crippen LogP contribution in [-0.4, -0.2) is 31.8 Å². The van der Waals surface area contributed by atoms with Crippen LogP contribution in [0.5, 0.6) is 0 Å². The third-order valence-corrected chi connectivity index (χ3v) is 1.92. The highest BCUT2D eigenvalue weighted by Gasteiger charge is 2.19. The largest absolute Gasteiger partial charge is 0.467 e. The van der Waals surface area contributed by atoms with E-state index in [1.54, 1.807) is 6.92 Å². The maximum Gasteiger partial charge on any atom is 0.407 e. The number of carbonyl (C=O) groups excluding carboxylic acids is 2. The minimum Gasteiger partial charge on any atom is -0.467 e. The van der Waals surface area contributed by atoms with Crippen LogP contribution in [0.15, 0.2) is 0 Å². The average molecular weight is 217 g/mol. The molecule has 0 aliphatic carbocycles. The number of ether oxygens (including phenoxy) is 2. The highest BCUT2D eigenvalue weighted by molar-refractivity contribution is 5.81. The van der Waals surface area contributed by atoms with Gasteiger partial charge in [0.05, 0.1) is 13.7 Å². The number of alkyl carbamates (subject to hydrolysis) is 1. The van der Waals surface area contributed by atoms with E-state index in [1.165, 1.54) is 7.11 Å². The first-order valence-electron chi connectivity index (χ1n) is 5.16. The van der Waals surface area contributed by atoms with Crippen molar-refractivity contribution in [3.05, 3.63) is 0 Å². The SMILES string of the molecule is CCCCOC(=O)N[C@H](CC)C(=O)OC. The highest BCUT2D eigenvalue weighted by Crippen LogP contribution is 1.95. The molecule has 88 valence electrons. The van der Waals surface area contributed by atoms with Gasteiger partial charge in [-0.25, -0.2) is 9.59 Å². The van der Waals surface area contributed by atoms with Crippen molar-refractivity contribution in [1.82, 2.24) is 5.32 Å². The van der Waals surface area contributed by atoms with Gasteiger partial charge in [-0.15, -0.1) is 0 Å². The summed E-state index contributed by atoms with van der Waals surface area (Å²) in [6, 6.07) is -0.621. The molecule has 0 rings (SSSR count). The van der Waals surface area contributed by atoms with Gasteiger partial charge in [-0.3, -0.25) is 0 Å². The molecule has 0 aromatic rings. The van der Waals surface area contributed by atoms with E-state index >= 15 is 0 Å². The van der Waals surface area contributed by atoms with Gasteiger partial charge < -0.3 is 14.8 Å². The Kier molecular flexibility index (Phi) is 7.40. The summed E-state index contributed by atoms with van der Waals surface area (Å²) in [4.78, 5) is 22.3. The van der Waals surface area contributed by atoms with E-state index in [9.17, 15) is 9.59 Å². The topological polar surface area (TPSA) is 64.6 Å². The van der Waals surface area contributed by atoms with Crippen molar-refractivity contribution in [2.45, 2.75) is 39.2 Å². The number of hydrogen-bond acceptors (Lipinski definition) is 4. The van der Waals surface area contributed by atoms with Crippen LogP contribution in [0.1, 0.15) is 33.1 Å². The van der Waals surface area contributed by atoms with Crippen molar-refractivity contribution in [2.24, 2.45) is 0 Å². The molecular weight excluding hydrogens is 198 g/mol. The Morgan fingerprint density at radius 1 is 1.33 bits per heavy atom. The lowest BCUT2D eigenvalue weighted by atomic mass is 10.2. The predicted octanol–water partition coefficient (Wildman–Crippen LogP) is 1.46. The molecule has 15 heavy (non-hydrogen) atoms. The summed E-state index contributed by atoms with van der Waals surface area (Å²) < 4.78 is 9.37. The number of unbranched alkanes of at least 4 members (excludes halogenated alkanes) is 1. The van der Waals surface area contributed by atoms with E-state index < -0.39 is 18.1 Å². The molecule has 0 aliphatic heterocycles. The van der Waals surface area contributed by atoms with Crippen molar-refractivity contribution in [1.29, 1.82) is 0 Å². The van der Waals surface area contributed by atoms with E-state index in [0.29, 0.717) is 13.0 Å². The van der Waals surface area contributed by atoms with Crippen molar-refractivity contribution in [3.8, 4) is 0 Å². The number of methoxy groups -OCH3 is 1. The Bertz CT molecular complexity index is 206. The van der Waals surface area contributed by atoms with Gasteiger partial charge in [0.15, 0.2) is 0 Å². The zero-order valence-electron chi connectivity index (χ0n) is 9.54. The zero-order chi connectivity index (χ0) is 11.7. The van der Waals surface area contributed by atoms with Crippen LogP contribution in [-0.2, 0) is 14.3 Å². The predicted molar refractivity (Wildman–Crippen MR) is 55.5 cm³/mol. The van der Waals surface area contributed by atoms with E-state index in [4.69, 9.17) is 4.74 Å². The number of esters is 1. The van der Waals surface area contributed by atoms with Crippen LogP contribution >= 0.6 is 0 Å². The van der Waals surface area contributed by atoms with Crippen LogP contribution < -0.4 is 5.32 Å². The Morgan fingerprint density at radius 3 is 2.47 bits per heavy atom. The molecule has 1 N–H and O–H groups in total. The summed E-state index contributed by atoms with van der Waals surface area (Å²) in [6.45, 7) is 4.17. The third-order valence-electron chi connectivity index (χ3n) is 1.92. The number of carbonyl (C=O) groups is 2. The summed E-state index contributed by atoms with van der Waals surface area (Å²) in [7, 11) is 1.29. The molecule has 0 bridgehead atoms. The zero-order valence-corrected chi connectivity index (χ0v) is 9.54. The third kappa shape index (κ3) is 5.93. The Labute approximate surface area is 90.1 Å². The second-order valence-electron chi connectivity index (χ2n) is 3.12. The van der Waals surface area contributed by atoms with E-state index in [2.05, 4.69) is 10.1 Å². The van der Waals surface area contributed by atoms with Crippen molar-refractivity contribution >= 4 is 12.1 Å². The summed E-state index contributed by atoms with van der Waals surface area (Å²) in [6.07, 6.45) is 1.69. The van der Waals surface area contributed by atoms with Gasteiger partial charge in [0, 0.05) is 0 Å². The molecule has 1 amide bonds. The van der Waals surface area contributed by atoms with Crippen LogP contribution in [0.2, 0.25) is 0 Å². The standard InChI is InChI=1S/C10H19NO4/c1-4-6-7-15-10(13)11-8(5-2)9(12)14-3/h8H,4-7H2,1-3H3,(H,11,13)/t8-/m1/s1. The van der Waals surface area contributed by atoms with Crippen LogP contribution in [0.4, 0.5) is 4.79 Å². The molecular formula is C10H19NO4. The molecule has 0 unspecified atom stereocenters. The van der Waals surface area contributed by atoms with Crippen molar-refractivity contribution in [2.75, 3.05) is 13.7 Å². The van der Waals surface area contributed by atoms with Gasteiger partial charge >= 0.3 is 12.1 Å². The summed E-state index contributed by atoms with van der Waals surface area (Å²) >= 11 is 0. The molecule has 0 fully saturated rings. The van der Waals surface area contributed by atoms with Gasteiger partial charge in [0.25, 0.3) is 0 Å². The fourth-order valence-electron chi connectivity index (χ4n) is 0.963. The molecule has 0 saturated heterocycles. The second kappa shape index (κ2) is 8.08. The fourth-order valence-corrected chi connectivity index (χ4v) is 0.963. The smallest absolute Gasteiger partial charge is 0.407 e. The summed E-state index contributed by atoms with van der Waals surface area (Å²) in [5.74, 6) is -0.454. The second-order valence-corrected chi connectivity index (χ2v) is 3.12. The van der Waals surface area contributed by atoms with Crippen LogP contribution in [0.25, 0.3) is 0 Å². The molecule has 5 nitrogen and oxygen atoms in total. The molecule has 0 aromatic heterocycles. The molecule has 0 aromatic carbocycles. The quantitative estimate of drug-likeness (QED) is 0.540. The molecule has 0 aliphatic rings. The number of rotatable bonds is 6. The highest BCUT2D eigenvalue weighted by atomic mass is 16.6. The Hall–Kier alpha value is -1.26. The summed E-state index contributed by atoms with van der Waals surface area (Å²) in [5, 5.41) is 2.44. The van der Waals surface area contributed by atoms with E-state index in [1.807, 2.05) is 6.92 Å². The van der Waals surface area contributed by atoms with Gasteiger partial charge in [-0.05, 0) is 12.8 Å². The molecule has 0 saturated carbocycles. The van der Waals surface area contributed by atoms with Crippen LogP contribution in [0, 0.1) is 0 Å². The van der Waals surface area contributed by atoms with Crippen molar-refractivity contribution < 1.29 is 19.1 Å². The molecule has 0 radical (unpaired) electrons. The average Bonchev–Trinajstić information content (AvgIpc) is 2.25. The van der Waals surface area contributed by atoms with E-state index in [0.717, 1.165) is 12.8 Å². The molecule has 5 heteroatoms. The minimum atomic E-state index is -0.621. The molecule has 1 atom stereocenters. The Morgan fingerprint density at radius 2 is 2.00 bits per heavy atom. The van der Waals surface area contributed by atoms with Gasteiger partial charge in [-0.1, -0.05) is 20.3 Å². The first-order chi connectivity index (χ1) is 7.15. The first-order valence-corrected chi connectivity index (χ1v) is 5.16. The normalized spacial score (nSPS) is 11.7. The van der Waals surface area contributed by atoms with E-state index in [-0.39, 0.29) is 0 Å². The molecule has 0 heterocycles.